The van der Waals surface area contributed by atoms with E-state index in [9.17, 15) is 0 Å². The lowest BCUT2D eigenvalue weighted by Gasteiger charge is -2.16. The van der Waals surface area contributed by atoms with Crippen LogP contribution in [-0.2, 0) is 6.54 Å². The van der Waals surface area contributed by atoms with Crippen molar-refractivity contribution in [2.75, 3.05) is 26.2 Å². The molecule has 1 aromatic carbocycles. The van der Waals surface area contributed by atoms with Gasteiger partial charge in [0.15, 0.2) is 0 Å². The highest BCUT2D eigenvalue weighted by atomic mass is 16.3. The standard InChI is InChI=1S/C13H20N2O/c16-9-7-14-13-6-8-15(11-13)10-12-4-2-1-3-5-12/h1-5,13-14,16H,6-11H2/t13-/m0/s1. The first kappa shape index (κ1) is 11.6. The summed E-state index contributed by atoms with van der Waals surface area (Å²) in [5, 5.41) is 12.1. The first-order chi connectivity index (χ1) is 7.88. The Morgan fingerprint density at radius 2 is 2.12 bits per heavy atom. The summed E-state index contributed by atoms with van der Waals surface area (Å²) >= 11 is 0. The van der Waals surface area contributed by atoms with Crippen molar-refractivity contribution in [3.05, 3.63) is 35.9 Å². The summed E-state index contributed by atoms with van der Waals surface area (Å²) in [6.45, 7) is 4.23. The summed E-state index contributed by atoms with van der Waals surface area (Å²) in [4.78, 5) is 2.46. The highest BCUT2D eigenvalue weighted by Crippen LogP contribution is 2.13. The molecule has 1 fully saturated rings. The van der Waals surface area contributed by atoms with Crippen molar-refractivity contribution in [1.29, 1.82) is 0 Å². The van der Waals surface area contributed by atoms with Crippen LogP contribution in [0.25, 0.3) is 0 Å². The van der Waals surface area contributed by atoms with Gasteiger partial charge < -0.3 is 10.4 Å². The van der Waals surface area contributed by atoms with Gasteiger partial charge in [0.1, 0.15) is 0 Å². The largest absolute Gasteiger partial charge is 0.395 e. The molecule has 0 aromatic heterocycles. The van der Waals surface area contributed by atoms with E-state index in [1.165, 1.54) is 12.0 Å². The minimum Gasteiger partial charge on any atom is -0.395 e. The van der Waals surface area contributed by atoms with Crippen molar-refractivity contribution in [2.45, 2.75) is 19.0 Å². The van der Waals surface area contributed by atoms with E-state index in [1.54, 1.807) is 0 Å². The lowest BCUT2D eigenvalue weighted by molar-refractivity contribution is 0.278. The van der Waals surface area contributed by atoms with Crippen molar-refractivity contribution < 1.29 is 5.11 Å². The summed E-state index contributed by atoms with van der Waals surface area (Å²) in [5.41, 5.74) is 1.38. The molecule has 0 unspecified atom stereocenters. The molecule has 1 heterocycles. The molecule has 1 aromatic rings. The molecule has 88 valence electrons. The Labute approximate surface area is 97.1 Å². The topological polar surface area (TPSA) is 35.5 Å². The average molecular weight is 220 g/mol. The van der Waals surface area contributed by atoms with Gasteiger partial charge in [-0.3, -0.25) is 4.90 Å². The first-order valence-corrected chi connectivity index (χ1v) is 5.99. The Morgan fingerprint density at radius 1 is 1.31 bits per heavy atom. The monoisotopic (exact) mass is 220 g/mol. The number of nitrogens with zero attached hydrogens (tertiary/aromatic N) is 1. The van der Waals surface area contributed by atoms with Crippen LogP contribution in [-0.4, -0.2) is 42.3 Å². The summed E-state index contributed by atoms with van der Waals surface area (Å²) in [6.07, 6.45) is 1.19. The summed E-state index contributed by atoms with van der Waals surface area (Å²) in [6, 6.07) is 11.1. The molecule has 0 amide bonds. The predicted molar refractivity (Wildman–Crippen MR) is 65.2 cm³/mol. The molecule has 0 bridgehead atoms. The van der Waals surface area contributed by atoms with Crippen molar-refractivity contribution in [2.24, 2.45) is 0 Å². The average Bonchev–Trinajstić information content (AvgIpc) is 2.75. The fraction of sp³-hybridized carbons (Fsp3) is 0.538. The third kappa shape index (κ3) is 3.30. The summed E-state index contributed by atoms with van der Waals surface area (Å²) < 4.78 is 0. The summed E-state index contributed by atoms with van der Waals surface area (Å²) in [5.74, 6) is 0. The molecular formula is C13H20N2O. The van der Waals surface area contributed by atoms with Crippen molar-refractivity contribution in [3.63, 3.8) is 0 Å². The number of hydrogen-bond acceptors (Lipinski definition) is 3. The summed E-state index contributed by atoms with van der Waals surface area (Å²) in [7, 11) is 0. The number of aliphatic hydroxyl groups excluding tert-OH is 1. The highest BCUT2D eigenvalue weighted by Gasteiger charge is 2.21. The molecule has 3 nitrogen and oxygen atoms in total. The lowest BCUT2D eigenvalue weighted by Crippen LogP contribution is -2.34. The fourth-order valence-corrected chi connectivity index (χ4v) is 2.25. The minimum absolute atomic E-state index is 0.231. The second-order valence-electron chi connectivity index (χ2n) is 4.38. The van der Waals surface area contributed by atoms with E-state index < -0.39 is 0 Å². The molecule has 0 radical (unpaired) electrons. The molecule has 1 atom stereocenters. The van der Waals surface area contributed by atoms with Gasteiger partial charge in [-0.2, -0.15) is 0 Å². The fourth-order valence-electron chi connectivity index (χ4n) is 2.25. The van der Waals surface area contributed by atoms with Crippen LogP contribution in [0.15, 0.2) is 30.3 Å². The van der Waals surface area contributed by atoms with Crippen LogP contribution in [0.4, 0.5) is 0 Å². The maximum absolute atomic E-state index is 8.75. The second-order valence-corrected chi connectivity index (χ2v) is 4.38. The van der Waals surface area contributed by atoms with Crippen molar-refractivity contribution >= 4 is 0 Å². The molecule has 2 N–H and O–H groups in total. The van der Waals surface area contributed by atoms with Crippen molar-refractivity contribution in [1.82, 2.24) is 10.2 Å². The molecule has 3 heteroatoms. The van der Waals surface area contributed by atoms with E-state index in [0.29, 0.717) is 12.6 Å². The van der Waals surface area contributed by atoms with Gasteiger partial charge >= 0.3 is 0 Å². The molecule has 1 aliphatic rings. The van der Waals surface area contributed by atoms with Crippen LogP contribution in [0.3, 0.4) is 0 Å². The number of likely N-dealkylation sites (tertiary alicyclic amines) is 1. The smallest absolute Gasteiger partial charge is 0.0556 e. The van der Waals surface area contributed by atoms with Gasteiger partial charge in [-0.15, -0.1) is 0 Å². The van der Waals surface area contributed by atoms with Crippen LogP contribution in [0.5, 0.6) is 0 Å². The van der Waals surface area contributed by atoms with Gasteiger partial charge in [-0.05, 0) is 12.0 Å². The number of nitrogens with one attached hydrogen (secondary N) is 1. The van der Waals surface area contributed by atoms with Crippen molar-refractivity contribution in [3.8, 4) is 0 Å². The van der Waals surface area contributed by atoms with Crippen LogP contribution in [0.1, 0.15) is 12.0 Å². The molecule has 0 spiro atoms. The van der Waals surface area contributed by atoms with Gasteiger partial charge in [-0.1, -0.05) is 30.3 Å². The number of aliphatic hydroxyl groups is 1. The van der Waals surface area contributed by atoms with Gasteiger partial charge in [0, 0.05) is 32.2 Å². The maximum Gasteiger partial charge on any atom is 0.0556 e. The van der Waals surface area contributed by atoms with E-state index in [0.717, 1.165) is 19.6 Å². The zero-order valence-electron chi connectivity index (χ0n) is 9.60. The SMILES string of the molecule is OCCN[C@H]1CCN(Cc2ccccc2)C1. The Hall–Kier alpha value is -0.900. The quantitative estimate of drug-likeness (QED) is 0.772. The lowest BCUT2D eigenvalue weighted by atomic mass is 10.2. The van der Waals surface area contributed by atoms with Gasteiger partial charge in [-0.25, -0.2) is 0 Å². The molecule has 1 aliphatic heterocycles. The molecule has 1 saturated heterocycles. The van der Waals surface area contributed by atoms with Gasteiger partial charge in [0.25, 0.3) is 0 Å². The second kappa shape index (κ2) is 5.99. The Bertz CT molecular complexity index is 302. The molecule has 2 rings (SSSR count). The number of rotatable bonds is 5. The normalized spacial score (nSPS) is 21.4. The predicted octanol–water partition coefficient (Wildman–Crippen LogP) is 0.843. The van der Waals surface area contributed by atoms with E-state index in [2.05, 4.69) is 40.5 Å². The number of benzene rings is 1. The van der Waals surface area contributed by atoms with E-state index in [-0.39, 0.29) is 6.61 Å². The van der Waals surface area contributed by atoms with Crippen LogP contribution in [0, 0.1) is 0 Å². The Balaban J connectivity index is 1.76. The zero-order valence-corrected chi connectivity index (χ0v) is 9.60. The molecular weight excluding hydrogens is 200 g/mol. The zero-order chi connectivity index (χ0) is 11.2. The minimum atomic E-state index is 0.231. The van der Waals surface area contributed by atoms with Crippen LogP contribution >= 0.6 is 0 Å². The number of hydrogen-bond donors (Lipinski definition) is 2. The Morgan fingerprint density at radius 3 is 2.88 bits per heavy atom. The van der Waals surface area contributed by atoms with Gasteiger partial charge in [0.05, 0.1) is 6.61 Å². The molecule has 0 aliphatic carbocycles. The first-order valence-electron chi connectivity index (χ1n) is 5.99. The Kier molecular flexibility index (Phi) is 4.34. The molecule has 0 saturated carbocycles. The van der Waals surface area contributed by atoms with E-state index in [4.69, 9.17) is 5.11 Å². The highest BCUT2D eigenvalue weighted by molar-refractivity contribution is 5.14. The van der Waals surface area contributed by atoms with E-state index in [1.807, 2.05) is 0 Å². The van der Waals surface area contributed by atoms with Crippen LogP contribution in [0.2, 0.25) is 0 Å². The third-order valence-corrected chi connectivity index (χ3v) is 3.07. The third-order valence-electron chi connectivity index (χ3n) is 3.07. The maximum atomic E-state index is 8.75. The van der Waals surface area contributed by atoms with Gasteiger partial charge in [0.2, 0.25) is 0 Å². The molecule has 16 heavy (non-hydrogen) atoms. The van der Waals surface area contributed by atoms with Crippen LogP contribution < -0.4 is 5.32 Å². The van der Waals surface area contributed by atoms with E-state index >= 15 is 0 Å².